The van der Waals surface area contributed by atoms with Crippen LogP contribution < -0.4 is 10.1 Å². The molecule has 0 spiro atoms. The molecule has 2 aromatic rings. The van der Waals surface area contributed by atoms with Crippen LogP contribution in [0.5, 0.6) is 5.75 Å². The van der Waals surface area contributed by atoms with E-state index in [0.29, 0.717) is 12.6 Å². The minimum Gasteiger partial charge on any atom is -0.494 e. The predicted octanol–water partition coefficient (Wildman–Crippen LogP) is 2.98. The molecule has 4 heteroatoms. The van der Waals surface area contributed by atoms with Crippen molar-refractivity contribution in [3.05, 3.63) is 36.0 Å². The van der Waals surface area contributed by atoms with E-state index >= 15 is 0 Å². The predicted molar refractivity (Wildman–Crippen MR) is 81.8 cm³/mol. The van der Waals surface area contributed by atoms with Crippen LogP contribution in [0.4, 0.5) is 0 Å². The van der Waals surface area contributed by atoms with Crippen molar-refractivity contribution in [3.8, 4) is 17.0 Å². The Hall–Kier alpha value is -1.81. The zero-order chi connectivity index (χ0) is 14.5. The lowest BCUT2D eigenvalue weighted by molar-refractivity contribution is 0.340. The van der Waals surface area contributed by atoms with Gasteiger partial charge in [0.25, 0.3) is 0 Å². The summed E-state index contributed by atoms with van der Waals surface area (Å²) in [4.78, 5) is 0. The first-order valence-electron chi connectivity index (χ1n) is 7.09. The number of benzene rings is 1. The van der Waals surface area contributed by atoms with Gasteiger partial charge in [0.05, 0.1) is 12.3 Å². The molecule has 1 N–H and O–H groups in total. The summed E-state index contributed by atoms with van der Waals surface area (Å²) in [7, 11) is 1.96. The summed E-state index contributed by atoms with van der Waals surface area (Å²) >= 11 is 0. The highest BCUT2D eigenvalue weighted by Crippen LogP contribution is 2.24. The Bertz CT molecular complexity index is 543. The van der Waals surface area contributed by atoms with Gasteiger partial charge in [0, 0.05) is 37.0 Å². The van der Waals surface area contributed by atoms with Gasteiger partial charge in [0.2, 0.25) is 0 Å². The van der Waals surface area contributed by atoms with Crippen LogP contribution in [0, 0.1) is 0 Å². The molecular weight excluding hydrogens is 250 g/mol. The van der Waals surface area contributed by atoms with Gasteiger partial charge < -0.3 is 10.1 Å². The Labute approximate surface area is 120 Å². The Kier molecular flexibility index (Phi) is 4.79. The minimum atomic E-state index is 0.461. The van der Waals surface area contributed by atoms with Crippen molar-refractivity contribution in [1.29, 1.82) is 0 Å². The number of nitrogens with zero attached hydrogens (tertiary/aromatic N) is 2. The summed E-state index contributed by atoms with van der Waals surface area (Å²) in [6.07, 6.45) is 2.07. The summed E-state index contributed by atoms with van der Waals surface area (Å²) in [6.45, 7) is 7.79. The SMILES string of the molecule is CCOc1ccc(-c2nn(C)cc2CNC(C)C)cc1. The van der Waals surface area contributed by atoms with E-state index in [1.54, 1.807) is 0 Å². The first kappa shape index (κ1) is 14.6. The molecule has 0 saturated heterocycles. The maximum atomic E-state index is 5.47. The van der Waals surface area contributed by atoms with E-state index in [1.165, 1.54) is 5.56 Å². The number of hydrogen-bond acceptors (Lipinski definition) is 3. The Balaban J connectivity index is 2.22. The third-order valence-electron chi connectivity index (χ3n) is 3.04. The topological polar surface area (TPSA) is 39.1 Å². The van der Waals surface area contributed by atoms with Gasteiger partial charge >= 0.3 is 0 Å². The lowest BCUT2D eigenvalue weighted by Crippen LogP contribution is -2.21. The maximum Gasteiger partial charge on any atom is 0.119 e. The fourth-order valence-electron chi connectivity index (χ4n) is 2.10. The highest BCUT2D eigenvalue weighted by molar-refractivity contribution is 5.63. The molecule has 0 atom stereocenters. The smallest absolute Gasteiger partial charge is 0.119 e. The summed E-state index contributed by atoms with van der Waals surface area (Å²) in [5.74, 6) is 0.897. The van der Waals surface area contributed by atoms with Gasteiger partial charge in [-0.1, -0.05) is 13.8 Å². The Morgan fingerprint density at radius 3 is 2.55 bits per heavy atom. The highest BCUT2D eigenvalue weighted by Gasteiger charge is 2.10. The van der Waals surface area contributed by atoms with E-state index in [9.17, 15) is 0 Å². The van der Waals surface area contributed by atoms with Crippen LogP contribution in [0.2, 0.25) is 0 Å². The molecule has 0 aliphatic heterocycles. The standard InChI is InChI=1S/C16H23N3O/c1-5-20-15-8-6-13(7-9-15)16-14(10-17-12(2)3)11-19(4)18-16/h6-9,11-12,17H,5,10H2,1-4H3. The van der Waals surface area contributed by atoms with Gasteiger partial charge in [0.1, 0.15) is 5.75 Å². The third kappa shape index (κ3) is 3.61. The molecule has 1 heterocycles. The quantitative estimate of drug-likeness (QED) is 0.879. The number of nitrogens with one attached hydrogen (secondary N) is 1. The average molecular weight is 273 g/mol. The molecular formula is C16H23N3O. The van der Waals surface area contributed by atoms with E-state index in [4.69, 9.17) is 4.74 Å². The minimum absolute atomic E-state index is 0.461. The van der Waals surface area contributed by atoms with Gasteiger partial charge in [0.15, 0.2) is 0 Å². The average Bonchev–Trinajstić information content (AvgIpc) is 2.79. The van der Waals surface area contributed by atoms with E-state index in [0.717, 1.165) is 23.6 Å². The normalized spacial score (nSPS) is 11.1. The van der Waals surface area contributed by atoms with E-state index < -0.39 is 0 Å². The lowest BCUT2D eigenvalue weighted by atomic mass is 10.1. The monoisotopic (exact) mass is 273 g/mol. The van der Waals surface area contributed by atoms with E-state index in [-0.39, 0.29) is 0 Å². The maximum absolute atomic E-state index is 5.47. The highest BCUT2D eigenvalue weighted by atomic mass is 16.5. The van der Waals surface area contributed by atoms with Gasteiger partial charge in [-0.05, 0) is 31.2 Å². The van der Waals surface area contributed by atoms with Crippen LogP contribution in [0.3, 0.4) is 0 Å². The number of ether oxygens (including phenoxy) is 1. The van der Waals surface area contributed by atoms with Crippen molar-refractivity contribution in [2.75, 3.05) is 6.61 Å². The van der Waals surface area contributed by atoms with Crippen LogP contribution in [0.1, 0.15) is 26.3 Å². The largest absolute Gasteiger partial charge is 0.494 e. The van der Waals surface area contributed by atoms with Crippen molar-refractivity contribution < 1.29 is 4.74 Å². The number of hydrogen-bond donors (Lipinski definition) is 1. The molecule has 0 aliphatic carbocycles. The first-order chi connectivity index (χ1) is 9.60. The molecule has 0 saturated carbocycles. The van der Waals surface area contributed by atoms with Crippen molar-refractivity contribution in [1.82, 2.24) is 15.1 Å². The third-order valence-corrected chi connectivity index (χ3v) is 3.04. The van der Waals surface area contributed by atoms with E-state index in [1.807, 2.05) is 30.8 Å². The van der Waals surface area contributed by atoms with Crippen LogP contribution in [0.25, 0.3) is 11.3 Å². The molecule has 2 rings (SSSR count). The van der Waals surface area contributed by atoms with Crippen LogP contribution in [-0.2, 0) is 13.6 Å². The van der Waals surface area contributed by atoms with Gasteiger partial charge in [-0.25, -0.2) is 0 Å². The summed E-state index contributed by atoms with van der Waals surface area (Å²) in [5.41, 5.74) is 3.36. The molecule has 1 aromatic heterocycles. The van der Waals surface area contributed by atoms with Gasteiger partial charge in [-0.15, -0.1) is 0 Å². The molecule has 0 fully saturated rings. The van der Waals surface area contributed by atoms with Crippen LogP contribution in [0.15, 0.2) is 30.5 Å². The number of aromatic nitrogens is 2. The summed E-state index contributed by atoms with van der Waals surface area (Å²) < 4.78 is 7.34. The van der Waals surface area contributed by atoms with Crippen LogP contribution >= 0.6 is 0 Å². The Morgan fingerprint density at radius 2 is 1.95 bits per heavy atom. The fraction of sp³-hybridized carbons (Fsp3) is 0.438. The first-order valence-corrected chi connectivity index (χ1v) is 7.09. The molecule has 0 amide bonds. The molecule has 108 valence electrons. The molecule has 1 aromatic carbocycles. The molecule has 0 bridgehead atoms. The summed E-state index contributed by atoms with van der Waals surface area (Å²) in [5, 5.41) is 8.01. The summed E-state index contributed by atoms with van der Waals surface area (Å²) in [6, 6.07) is 8.57. The van der Waals surface area contributed by atoms with Crippen molar-refractivity contribution >= 4 is 0 Å². The van der Waals surface area contributed by atoms with Crippen molar-refractivity contribution in [3.63, 3.8) is 0 Å². The molecule has 4 nitrogen and oxygen atoms in total. The molecule has 0 aliphatic rings. The second kappa shape index (κ2) is 6.57. The zero-order valence-electron chi connectivity index (χ0n) is 12.7. The van der Waals surface area contributed by atoms with Crippen LogP contribution in [-0.4, -0.2) is 22.4 Å². The molecule has 20 heavy (non-hydrogen) atoms. The Morgan fingerprint density at radius 1 is 1.25 bits per heavy atom. The second-order valence-electron chi connectivity index (χ2n) is 5.17. The second-order valence-corrected chi connectivity index (χ2v) is 5.17. The molecule has 0 unspecified atom stereocenters. The fourth-order valence-corrected chi connectivity index (χ4v) is 2.10. The van der Waals surface area contributed by atoms with Crippen molar-refractivity contribution in [2.45, 2.75) is 33.4 Å². The lowest BCUT2D eigenvalue weighted by Gasteiger charge is -2.08. The molecule has 0 radical (unpaired) electrons. The van der Waals surface area contributed by atoms with Crippen molar-refractivity contribution in [2.24, 2.45) is 7.05 Å². The van der Waals surface area contributed by atoms with Gasteiger partial charge in [-0.3, -0.25) is 4.68 Å². The number of rotatable bonds is 6. The number of aryl methyl sites for hydroxylation is 1. The van der Waals surface area contributed by atoms with Gasteiger partial charge in [-0.2, -0.15) is 5.10 Å². The zero-order valence-corrected chi connectivity index (χ0v) is 12.7. The van der Waals surface area contributed by atoms with E-state index in [2.05, 4.69) is 42.6 Å².